The molecule has 8 nitrogen and oxygen atoms in total. The number of nitrogens with one attached hydrogen (secondary N) is 1. The zero-order chi connectivity index (χ0) is 29.4. The Labute approximate surface area is 294 Å². The molecule has 5 aromatic rings. The van der Waals surface area contributed by atoms with Gasteiger partial charge in [-0.15, -0.1) is 0 Å². The summed E-state index contributed by atoms with van der Waals surface area (Å²) in [6, 6.07) is 21.9. The molecule has 3 aromatic carbocycles. The zero-order valence-corrected chi connectivity index (χ0v) is 28.5. The van der Waals surface area contributed by atoms with Crippen molar-refractivity contribution in [2.24, 2.45) is 0 Å². The van der Waals surface area contributed by atoms with Crippen LogP contribution in [0.1, 0.15) is 58.2 Å². The minimum atomic E-state index is -0.595. The fourth-order valence-corrected chi connectivity index (χ4v) is 5.80. The average molecular weight is 603 g/mol. The first kappa shape index (κ1) is 31.3. The average Bonchev–Trinajstić information content (AvgIpc) is 3.55. The van der Waals surface area contributed by atoms with E-state index in [9.17, 15) is 9.59 Å². The molecular weight excluding hydrogens is 567 g/mol. The molecule has 1 aliphatic rings. The van der Waals surface area contributed by atoms with Crippen LogP contribution in [0.4, 0.5) is 0 Å². The summed E-state index contributed by atoms with van der Waals surface area (Å²) >= 11 is 0. The predicted molar refractivity (Wildman–Crippen MR) is 164 cm³/mol. The molecule has 1 aliphatic heterocycles. The number of nitrogens with zero attached hydrogens (tertiary/aromatic N) is 3. The molecule has 6 rings (SSSR count). The number of aromatic amines is 1. The summed E-state index contributed by atoms with van der Waals surface area (Å²) < 4.78 is 12.6. The van der Waals surface area contributed by atoms with Gasteiger partial charge in [-0.2, -0.15) is 0 Å². The van der Waals surface area contributed by atoms with Gasteiger partial charge in [0.05, 0.1) is 17.8 Å². The number of hydrogen-bond donors (Lipinski definition) is 1. The molecule has 0 atom stereocenters. The van der Waals surface area contributed by atoms with E-state index in [1.54, 1.807) is 0 Å². The van der Waals surface area contributed by atoms with Crippen molar-refractivity contribution >= 4 is 0 Å². The normalized spacial score (nSPS) is 13.3. The van der Waals surface area contributed by atoms with Crippen molar-refractivity contribution in [3.8, 4) is 39.4 Å². The Hall–Kier alpha value is -3.08. The Balaban J connectivity index is 0.00000221. The third-order valence-corrected chi connectivity index (χ3v) is 7.71. The van der Waals surface area contributed by atoms with Crippen molar-refractivity contribution in [3.05, 3.63) is 110 Å². The van der Waals surface area contributed by atoms with Crippen molar-refractivity contribution < 1.29 is 62.1 Å². The largest absolute Gasteiger partial charge is 1.00 e. The van der Waals surface area contributed by atoms with Gasteiger partial charge in [0.25, 0.3) is 5.56 Å². The Morgan fingerprint density at radius 1 is 0.977 bits per heavy atom. The number of rotatable bonds is 8. The third-order valence-electron chi connectivity index (χ3n) is 7.71. The SMILES string of the molecule is CCCc1nc(CC)c(-c2ccc3c(c2)CC(C)(C)O3)c(=O)n1Cc1ccc(-c2ccccc2-c2noc(=O)[nH]2)cc1.[H-].[K+]. The van der Waals surface area contributed by atoms with E-state index in [1.807, 2.05) is 65.2 Å². The fourth-order valence-electron chi connectivity index (χ4n) is 5.80. The van der Waals surface area contributed by atoms with Crippen molar-refractivity contribution in [3.63, 3.8) is 0 Å². The quantitative estimate of drug-likeness (QED) is 0.274. The first-order valence-electron chi connectivity index (χ1n) is 14.5. The monoisotopic (exact) mass is 602 g/mol. The van der Waals surface area contributed by atoms with E-state index >= 15 is 0 Å². The summed E-state index contributed by atoms with van der Waals surface area (Å²) in [5.74, 6) is 1.47. The summed E-state index contributed by atoms with van der Waals surface area (Å²) in [6.45, 7) is 8.73. The Morgan fingerprint density at radius 2 is 1.70 bits per heavy atom. The van der Waals surface area contributed by atoms with Crippen molar-refractivity contribution in [1.29, 1.82) is 0 Å². The molecule has 0 fully saturated rings. The number of ether oxygens (including phenoxy) is 1. The van der Waals surface area contributed by atoms with Gasteiger partial charge in [-0.3, -0.25) is 18.9 Å². The van der Waals surface area contributed by atoms with Crippen LogP contribution in [0.2, 0.25) is 0 Å². The molecule has 0 radical (unpaired) electrons. The van der Waals surface area contributed by atoms with E-state index in [1.165, 1.54) is 0 Å². The molecule has 0 spiro atoms. The van der Waals surface area contributed by atoms with Gasteiger partial charge in [-0.05, 0) is 66.6 Å². The first-order valence-corrected chi connectivity index (χ1v) is 14.5. The van der Waals surface area contributed by atoms with Gasteiger partial charge in [0, 0.05) is 18.4 Å². The van der Waals surface area contributed by atoms with Crippen LogP contribution in [0, 0.1) is 0 Å². The number of aryl methyl sites for hydroxylation is 2. The van der Waals surface area contributed by atoms with Crippen LogP contribution in [0.5, 0.6) is 5.75 Å². The van der Waals surface area contributed by atoms with E-state index in [2.05, 4.69) is 43.9 Å². The number of fused-ring (bicyclic) bond motifs is 1. The van der Waals surface area contributed by atoms with E-state index < -0.39 is 5.76 Å². The minimum Gasteiger partial charge on any atom is -1.00 e. The number of hydrogen-bond acceptors (Lipinski definition) is 6. The Kier molecular flexibility index (Phi) is 9.39. The van der Waals surface area contributed by atoms with Crippen molar-refractivity contribution in [2.45, 2.75) is 65.5 Å². The maximum atomic E-state index is 14.2. The number of benzene rings is 3. The summed E-state index contributed by atoms with van der Waals surface area (Å²) in [4.78, 5) is 33.4. The smallest absolute Gasteiger partial charge is 1.00 e. The van der Waals surface area contributed by atoms with Crippen LogP contribution < -0.4 is 67.4 Å². The Morgan fingerprint density at radius 3 is 2.37 bits per heavy atom. The van der Waals surface area contributed by atoms with Gasteiger partial charge >= 0.3 is 57.1 Å². The van der Waals surface area contributed by atoms with Gasteiger partial charge < -0.3 is 6.16 Å². The van der Waals surface area contributed by atoms with Crippen LogP contribution in [0.15, 0.2) is 80.8 Å². The van der Waals surface area contributed by atoms with Crippen LogP contribution in [0.3, 0.4) is 0 Å². The standard InChI is InChI=1S/C34H34N4O4.K.H/c1-5-9-29-35-27(6-2)30(23-16-17-28-24(18-23)19-34(3,4)41-28)32(39)38(29)20-21-12-14-22(15-13-21)25-10-7-8-11-26(25)31-36-33(40)42-37-31;;/h7-8,10-18H,5-6,9,19-20H2,1-4H3,(H,36,37,40);;/q;+1;-1. The summed E-state index contributed by atoms with van der Waals surface area (Å²) in [6.07, 6.45) is 3.08. The van der Waals surface area contributed by atoms with Crippen LogP contribution >= 0.6 is 0 Å². The first-order chi connectivity index (χ1) is 20.3. The number of H-pyrrole nitrogens is 1. The van der Waals surface area contributed by atoms with E-state index in [-0.39, 0.29) is 64.0 Å². The van der Waals surface area contributed by atoms with Gasteiger partial charge in [0.15, 0.2) is 5.82 Å². The molecule has 3 heterocycles. The van der Waals surface area contributed by atoms with E-state index in [0.29, 0.717) is 24.4 Å². The molecule has 9 heteroatoms. The van der Waals surface area contributed by atoms with Crippen molar-refractivity contribution in [2.75, 3.05) is 0 Å². The van der Waals surface area contributed by atoms with Gasteiger partial charge in [-0.1, -0.05) is 73.6 Å². The molecule has 0 saturated heterocycles. The van der Waals surface area contributed by atoms with E-state index in [0.717, 1.165) is 69.9 Å². The van der Waals surface area contributed by atoms with Crippen molar-refractivity contribution in [1.82, 2.24) is 19.7 Å². The predicted octanol–water partition coefficient (Wildman–Crippen LogP) is 3.31. The van der Waals surface area contributed by atoms with Gasteiger partial charge in [0.1, 0.15) is 17.2 Å². The molecule has 43 heavy (non-hydrogen) atoms. The second-order valence-electron chi connectivity index (χ2n) is 11.4. The van der Waals surface area contributed by atoms with Gasteiger partial charge in [0.2, 0.25) is 0 Å². The number of aromatic nitrogens is 4. The topological polar surface area (TPSA) is 103 Å². The molecule has 216 valence electrons. The fraction of sp³-hybridized carbons (Fsp3) is 0.294. The molecule has 0 amide bonds. The molecule has 1 N–H and O–H groups in total. The third kappa shape index (κ3) is 6.42. The summed E-state index contributed by atoms with van der Waals surface area (Å²) in [5, 5.41) is 3.86. The zero-order valence-electron chi connectivity index (χ0n) is 26.4. The minimum absolute atomic E-state index is 0. The molecule has 2 aromatic heterocycles. The molecule has 0 saturated carbocycles. The van der Waals surface area contributed by atoms with Crippen LogP contribution in [0.25, 0.3) is 33.6 Å². The van der Waals surface area contributed by atoms with Crippen LogP contribution in [-0.2, 0) is 25.8 Å². The second-order valence-corrected chi connectivity index (χ2v) is 11.4. The molecule has 0 aliphatic carbocycles. The molecule has 0 bridgehead atoms. The van der Waals surface area contributed by atoms with Crippen LogP contribution in [-0.4, -0.2) is 25.3 Å². The van der Waals surface area contributed by atoms with Gasteiger partial charge in [-0.25, -0.2) is 9.78 Å². The summed E-state index contributed by atoms with van der Waals surface area (Å²) in [7, 11) is 0. The molecular formula is C34H35KN4O4. The maximum absolute atomic E-state index is 14.2. The molecule has 0 unspecified atom stereocenters. The maximum Gasteiger partial charge on any atom is 1.00 e. The Bertz CT molecular complexity index is 1890. The van der Waals surface area contributed by atoms with E-state index in [4.69, 9.17) is 14.2 Å². The summed E-state index contributed by atoms with van der Waals surface area (Å²) in [5.41, 5.74) is 6.86. The second kappa shape index (κ2) is 12.9.